The third kappa shape index (κ3) is 2.90. The van der Waals surface area contributed by atoms with Crippen molar-refractivity contribution in [2.45, 2.75) is 39.2 Å². The number of hydrogen-bond acceptors (Lipinski definition) is 4. The predicted octanol–water partition coefficient (Wildman–Crippen LogP) is 3.03. The maximum Gasteiger partial charge on any atom is 0.244 e. The van der Waals surface area contributed by atoms with Crippen LogP contribution in [0.1, 0.15) is 48.6 Å². The quantitative estimate of drug-likeness (QED) is 0.932. The fraction of sp³-hybridized carbons (Fsp3) is 0.500. The highest BCUT2D eigenvalue weighted by Gasteiger charge is 2.27. The highest BCUT2D eigenvalue weighted by Crippen LogP contribution is 2.27. The monoisotopic (exact) mass is 271 g/mol. The molecule has 1 aliphatic rings. The summed E-state index contributed by atoms with van der Waals surface area (Å²) in [5.74, 6) is 2.05. The second-order valence-corrected chi connectivity index (χ2v) is 5.76. The molecule has 0 bridgehead atoms. The van der Waals surface area contributed by atoms with Crippen LogP contribution in [0.3, 0.4) is 0 Å². The van der Waals surface area contributed by atoms with Crippen LogP contribution in [0.2, 0.25) is 0 Å². The summed E-state index contributed by atoms with van der Waals surface area (Å²) in [5, 5.41) is 7.59. The van der Waals surface area contributed by atoms with Gasteiger partial charge in [-0.25, -0.2) is 0 Å². The lowest BCUT2D eigenvalue weighted by Gasteiger charge is -2.26. The normalized spacial score (nSPS) is 22.9. The van der Waals surface area contributed by atoms with E-state index in [-0.39, 0.29) is 6.04 Å². The van der Waals surface area contributed by atoms with Crippen molar-refractivity contribution in [3.05, 3.63) is 47.1 Å². The number of aryl methyl sites for hydroxylation is 1. The lowest BCUT2D eigenvalue weighted by atomic mass is 9.93. The van der Waals surface area contributed by atoms with Gasteiger partial charge in [0.15, 0.2) is 5.82 Å². The molecule has 20 heavy (non-hydrogen) atoms. The summed E-state index contributed by atoms with van der Waals surface area (Å²) in [6, 6.07) is 8.67. The van der Waals surface area contributed by atoms with Gasteiger partial charge in [-0.2, -0.15) is 4.98 Å². The molecule has 2 unspecified atom stereocenters. The molecule has 0 spiro atoms. The minimum Gasteiger partial charge on any atom is -0.338 e. The van der Waals surface area contributed by atoms with Crippen molar-refractivity contribution in [2.75, 3.05) is 6.54 Å². The lowest BCUT2D eigenvalue weighted by molar-refractivity contribution is 0.239. The molecule has 1 fully saturated rings. The first kappa shape index (κ1) is 13.3. The minimum absolute atomic E-state index is 0.211. The van der Waals surface area contributed by atoms with Crippen molar-refractivity contribution in [1.82, 2.24) is 15.5 Å². The topological polar surface area (TPSA) is 51.0 Å². The van der Waals surface area contributed by atoms with Crippen molar-refractivity contribution in [2.24, 2.45) is 5.92 Å². The van der Waals surface area contributed by atoms with Gasteiger partial charge in [0.2, 0.25) is 5.89 Å². The van der Waals surface area contributed by atoms with Crippen LogP contribution in [-0.2, 0) is 6.42 Å². The molecule has 2 heterocycles. The first-order valence-corrected chi connectivity index (χ1v) is 7.34. The van der Waals surface area contributed by atoms with E-state index in [0.717, 1.165) is 24.7 Å². The summed E-state index contributed by atoms with van der Waals surface area (Å²) in [6.45, 7) is 5.36. The number of nitrogens with one attached hydrogen (secondary N) is 1. The summed E-state index contributed by atoms with van der Waals surface area (Å²) in [4.78, 5) is 4.56. The van der Waals surface area contributed by atoms with Crippen LogP contribution in [0.15, 0.2) is 28.8 Å². The van der Waals surface area contributed by atoms with Crippen LogP contribution < -0.4 is 5.32 Å². The summed E-state index contributed by atoms with van der Waals surface area (Å²) in [7, 11) is 0. The number of aromatic nitrogens is 2. The molecule has 1 saturated heterocycles. The Morgan fingerprint density at radius 2 is 2.10 bits per heavy atom. The molecule has 0 amide bonds. The number of hydrogen-bond donors (Lipinski definition) is 1. The second kappa shape index (κ2) is 5.75. The Hall–Kier alpha value is -1.68. The zero-order valence-electron chi connectivity index (χ0n) is 12.1. The Labute approximate surface area is 119 Å². The van der Waals surface area contributed by atoms with E-state index in [9.17, 15) is 0 Å². The number of rotatable bonds is 3. The van der Waals surface area contributed by atoms with Gasteiger partial charge in [0, 0.05) is 6.42 Å². The van der Waals surface area contributed by atoms with E-state index in [1.54, 1.807) is 0 Å². The predicted molar refractivity (Wildman–Crippen MR) is 77.4 cm³/mol. The van der Waals surface area contributed by atoms with Crippen molar-refractivity contribution < 1.29 is 4.52 Å². The van der Waals surface area contributed by atoms with Gasteiger partial charge in [-0.05, 0) is 37.8 Å². The molecule has 1 aliphatic heterocycles. The van der Waals surface area contributed by atoms with E-state index >= 15 is 0 Å². The zero-order valence-corrected chi connectivity index (χ0v) is 12.1. The first-order valence-electron chi connectivity index (χ1n) is 7.34. The first-order chi connectivity index (χ1) is 9.72. The van der Waals surface area contributed by atoms with Crippen LogP contribution in [0.4, 0.5) is 0 Å². The van der Waals surface area contributed by atoms with Crippen molar-refractivity contribution in [3.63, 3.8) is 0 Å². The smallest absolute Gasteiger partial charge is 0.244 e. The molecule has 4 nitrogen and oxygen atoms in total. The fourth-order valence-electron chi connectivity index (χ4n) is 2.73. The molecule has 2 atom stereocenters. The molecule has 106 valence electrons. The minimum atomic E-state index is 0.211. The summed E-state index contributed by atoms with van der Waals surface area (Å²) >= 11 is 0. The molecule has 3 rings (SSSR count). The van der Waals surface area contributed by atoms with E-state index < -0.39 is 0 Å². The van der Waals surface area contributed by atoms with Gasteiger partial charge in [-0.15, -0.1) is 0 Å². The van der Waals surface area contributed by atoms with E-state index in [4.69, 9.17) is 4.52 Å². The van der Waals surface area contributed by atoms with Gasteiger partial charge >= 0.3 is 0 Å². The van der Waals surface area contributed by atoms with Gasteiger partial charge in [0.25, 0.3) is 0 Å². The third-order valence-electron chi connectivity index (χ3n) is 4.00. The Kier molecular flexibility index (Phi) is 3.83. The summed E-state index contributed by atoms with van der Waals surface area (Å²) < 4.78 is 5.45. The molecule has 1 aromatic carbocycles. The standard InChI is InChI=1S/C16H21N3O/c1-11-5-7-13(8-6-11)10-14-18-16(20-19-14)15-12(2)4-3-9-17-15/h5-8,12,15,17H,3-4,9-10H2,1-2H3. The van der Waals surface area contributed by atoms with E-state index in [2.05, 4.69) is 53.6 Å². The highest BCUT2D eigenvalue weighted by atomic mass is 16.5. The van der Waals surface area contributed by atoms with Crippen LogP contribution >= 0.6 is 0 Å². The maximum atomic E-state index is 5.45. The molecular weight excluding hydrogens is 250 g/mol. The van der Waals surface area contributed by atoms with E-state index in [1.165, 1.54) is 24.0 Å². The van der Waals surface area contributed by atoms with Crippen LogP contribution in [0.5, 0.6) is 0 Å². The van der Waals surface area contributed by atoms with Crippen molar-refractivity contribution in [1.29, 1.82) is 0 Å². The molecule has 4 heteroatoms. The molecule has 2 aromatic rings. The Morgan fingerprint density at radius 3 is 2.85 bits per heavy atom. The van der Waals surface area contributed by atoms with Crippen molar-refractivity contribution in [3.8, 4) is 0 Å². The average molecular weight is 271 g/mol. The van der Waals surface area contributed by atoms with Gasteiger partial charge in [0.05, 0.1) is 6.04 Å². The lowest BCUT2D eigenvalue weighted by Crippen LogP contribution is -2.33. The van der Waals surface area contributed by atoms with Crippen LogP contribution in [0, 0.1) is 12.8 Å². The van der Waals surface area contributed by atoms with Crippen LogP contribution in [0.25, 0.3) is 0 Å². The van der Waals surface area contributed by atoms with Gasteiger partial charge in [0.1, 0.15) is 0 Å². The van der Waals surface area contributed by atoms with Gasteiger partial charge < -0.3 is 9.84 Å². The van der Waals surface area contributed by atoms with Crippen molar-refractivity contribution >= 4 is 0 Å². The highest BCUT2D eigenvalue weighted by molar-refractivity contribution is 5.23. The van der Waals surface area contributed by atoms with E-state index in [0.29, 0.717) is 5.92 Å². The van der Waals surface area contributed by atoms with Gasteiger partial charge in [-0.3, -0.25) is 0 Å². The Morgan fingerprint density at radius 1 is 1.30 bits per heavy atom. The number of nitrogens with zero attached hydrogens (tertiary/aromatic N) is 2. The SMILES string of the molecule is Cc1ccc(Cc2noc(C3NCCCC3C)n2)cc1. The molecule has 0 saturated carbocycles. The molecule has 1 aromatic heterocycles. The summed E-state index contributed by atoms with van der Waals surface area (Å²) in [5.41, 5.74) is 2.48. The summed E-state index contributed by atoms with van der Waals surface area (Å²) in [6.07, 6.45) is 3.17. The molecular formula is C16H21N3O. The average Bonchev–Trinajstić information content (AvgIpc) is 2.90. The third-order valence-corrected chi connectivity index (χ3v) is 4.00. The Balaban J connectivity index is 1.71. The van der Waals surface area contributed by atoms with Crippen LogP contribution in [-0.4, -0.2) is 16.7 Å². The molecule has 0 radical (unpaired) electrons. The molecule has 1 N–H and O–H groups in total. The number of piperidine rings is 1. The van der Waals surface area contributed by atoms with Gasteiger partial charge in [-0.1, -0.05) is 41.9 Å². The van der Waals surface area contributed by atoms with E-state index in [1.807, 2.05) is 0 Å². The zero-order chi connectivity index (χ0) is 13.9. The number of benzene rings is 1. The maximum absolute atomic E-state index is 5.45. The second-order valence-electron chi connectivity index (χ2n) is 5.76. The largest absolute Gasteiger partial charge is 0.338 e. The Bertz CT molecular complexity index is 561. The molecule has 0 aliphatic carbocycles. The fourth-order valence-corrected chi connectivity index (χ4v) is 2.73.